The van der Waals surface area contributed by atoms with E-state index in [4.69, 9.17) is 4.42 Å². The normalized spacial score (nSPS) is 28.4. The quantitative estimate of drug-likeness (QED) is 0.743. The largest absolute Gasteiger partial charge is 0.464 e. The molecule has 3 unspecified atom stereocenters. The van der Waals surface area contributed by atoms with E-state index < -0.39 is 0 Å². The summed E-state index contributed by atoms with van der Waals surface area (Å²) in [6.45, 7) is 2.57. The summed E-state index contributed by atoms with van der Waals surface area (Å²) in [5.41, 5.74) is 0. The van der Waals surface area contributed by atoms with E-state index in [0.717, 1.165) is 69.3 Å². The number of fused-ring (bicyclic) bond motifs is 1. The van der Waals surface area contributed by atoms with Crippen LogP contribution in [0.4, 0.5) is 0 Å². The van der Waals surface area contributed by atoms with E-state index in [2.05, 4.69) is 0 Å². The molecule has 3 aliphatic rings. The van der Waals surface area contributed by atoms with Gasteiger partial charge in [-0.15, -0.1) is 0 Å². The van der Waals surface area contributed by atoms with Crippen molar-refractivity contribution in [3.05, 3.63) is 23.7 Å². The first kappa shape index (κ1) is 19.2. The van der Waals surface area contributed by atoms with Crippen molar-refractivity contribution in [3.63, 3.8) is 0 Å². The van der Waals surface area contributed by atoms with Crippen LogP contribution in [0.5, 0.6) is 0 Å². The van der Waals surface area contributed by atoms with Crippen molar-refractivity contribution in [1.82, 2.24) is 9.80 Å². The molecule has 1 aliphatic carbocycles. The molecule has 3 heterocycles. The van der Waals surface area contributed by atoms with Crippen LogP contribution in [0.25, 0.3) is 0 Å². The Balaban J connectivity index is 1.51. The summed E-state index contributed by atoms with van der Waals surface area (Å²) in [5.74, 6) is 0.917. The molecule has 1 aromatic rings. The van der Waals surface area contributed by atoms with E-state index in [0.29, 0.717) is 6.54 Å². The zero-order valence-corrected chi connectivity index (χ0v) is 16.7. The maximum atomic E-state index is 13.2. The standard InChI is InChI=1S/C22H30N2O4/c1-2-15-11-12-19(28-15)18-10-4-3-7-13-23(18)20(25)14-24-21(26)16-8-5-6-9-17(16)22(24)27/h11-12,16-18H,2-10,13-14H2,1H3. The lowest BCUT2D eigenvalue weighted by Gasteiger charge is -2.30. The number of carbonyl (C=O) groups is 3. The molecule has 152 valence electrons. The first-order valence-electron chi connectivity index (χ1n) is 10.8. The molecule has 2 aliphatic heterocycles. The van der Waals surface area contributed by atoms with Gasteiger partial charge in [0, 0.05) is 13.0 Å². The van der Waals surface area contributed by atoms with Crippen molar-refractivity contribution in [1.29, 1.82) is 0 Å². The smallest absolute Gasteiger partial charge is 0.243 e. The molecule has 28 heavy (non-hydrogen) atoms. The van der Waals surface area contributed by atoms with Crippen LogP contribution in [-0.2, 0) is 20.8 Å². The van der Waals surface area contributed by atoms with Gasteiger partial charge in [0.15, 0.2) is 0 Å². The maximum Gasteiger partial charge on any atom is 0.243 e. The molecule has 0 radical (unpaired) electrons. The highest BCUT2D eigenvalue weighted by Gasteiger charge is 2.49. The first-order chi connectivity index (χ1) is 13.6. The Hall–Kier alpha value is -2.11. The fourth-order valence-electron chi connectivity index (χ4n) is 5.08. The molecule has 6 nitrogen and oxygen atoms in total. The van der Waals surface area contributed by atoms with E-state index >= 15 is 0 Å². The second-order valence-electron chi connectivity index (χ2n) is 8.37. The third kappa shape index (κ3) is 3.49. The summed E-state index contributed by atoms with van der Waals surface area (Å²) in [7, 11) is 0. The lowest BCUT2D eigenvalue weighted by molar-refractivity contribution is -0.147. The van der Waals surface area contributed by atoms with E-state index in [9.17, 15) is 14.4 Å². The molecular weight excluding hydrogens is 356 g/mol. The van der Waals surface area contributed by atoms with E-state index in [-0.39, 0.29) is 42.1 Å². The highest BCUT2D eigenvalue weighted by molar-refractivity contribution is 6.07. The molecule has 0 N–H and O–H groups in total. The van der Waals surface area contributed by atoms with Crippen molar-refractivity contribution < 1.29 is 18.8 Å². The molecule has 3 fully saturated rings. The van der Waals surface area contributed by atoms with Crippen LogP contribution in [0.1, 0.15) is 75.9 Å². The Labute approximate surface area is 166 Å². The van der Waals surface area contributed by atoms with Gasteiger partial charge in [-0.3, -0.25) is 19.3 Å². The summed E-state index contributed by atoms with van der Waals surface area (Å²) in [4.78, 5) is 41.8. The Kier molecular flexibility index (Phi) is 5.56. The fraction of sp³-hybridized carbons (Fsp3) is 0.682. The summed E-state index contributed by atoms with van der Waals surface area (Å²) in [6.07, 6.45) is 8.28. The predicted octanol–water partition coefficient (Wildman–Crippen LogP) is 3.46. The molecule has 3 amide bonds. The number of furan rings is 1. The van der Waals surface area contributed by atoms with Gasteiger partial charge in [0.2, 0.25) is 17.7 Å². The van der Waals surface area contributed by atoms with Gasteiger partial charge in [0.1, 0.15) is 18.1 Å². The second-order valence-corrected chi connectivity index (χ2v) is 8.37. The highest BCUT2D eigenvalue weighted by atomic mass is 16.3. The number of imide groups is 1. The van der Waals surface area contributed by atoms with Crippen molar-refractivity contribution in [3.8, 4) is 0 Å². The lowest BCUT2D eigenvalue weighted by Crippen LogP contribution is -2.44. The van der Waals surface area contributed by atoms with Gasteiger partial charge < -0.3 is 9.32 Å². The molecule has 0 aromatic carbocycles. The zero-order valence-electron chi connectivity index (χ0n) is 16.7. The SMILES string of the molecule is CCc1ccc(C2CCCCCN2C(=O)CN2C(=O)C3CCCCC3C2=O)o1. The van der Waals surface area contributed by atoms with Crippen molar-refractivity contribution in [2.24, 2.45) is 11.8 Å². The third-order valence-electron chi connectivity index (χ3n) is 6.66. The van der Waals surface area contributed by atoms with Crippen LogP contribution < -0.4 is 0 Å². The van der Waals surface area contributed by atoms with Gasteiger partial charge in [-0.05, 0) is 37.8 Å². The van der Waals surface area contributed by atoms with E-state index in [1.54, 1.807) is 0 Å². The van der Waals surface area contributed by atoms with Crippen molar-refractivity contribution >= 4 is 17.7 Å². The van der Waals surface area contributed by atoms with Gasteiger partial charge in [-0.1, -0.05) is 32.6 Å². The van der Waals surface area contributed by atoms with Crippen LogP contribution in [0, 0.1) is 11.8 Å². The number of carbonyl (C=O) groups excluding carboxylic acids is 3. The minimum atomic E-state index is -0.203. The van der Waals surface area contributed by atoms with Crippen LogP contribution in [0.15, 0.2) is 16.5 Å². The zero-order chi connectivity index (χ0) is 19.7. The Morgan fingerprint density at radius 3 is 2.32 bits per heavy atom. The van der Waals surface area contributed by atoms with Crippen molar-refractivity contribution in [2.75, 3.05) is 13.1 Å². The first-order valence-corrected chi connectivity index (χ1v) is 10.8. The number of hydrogen-bond acceptors (Lipinski definition) is 4. The second kappa shape index (κ2) is 8.10. The van der Waals surface area contributed by atoms with E-state index in [1.165, 1.54) is 4.90 Å². The average Bonchev–Trinajstić information content (AvgIpc) is 3.17. The average molecular weight is 386 g/mol. The number of amides is 3. The lowest BCUT2D eigenvalue weighted by atomic mass is 9.81. The third-order valence-corrected chi connectivity index (χ3v) is 6.66. The molecule has 4 rings (SSSR count). The van der Waals surface area contributed by atoms with Gasteiger partial charge in [0.25, 0.3) is 0 Å². The molecule has 1 aromatic heterocycles. The Bertz CT molecular complexity index is 731. The molecule has 6 heteroatoms. The summed E-state index contributed by atoms with van der Waals surface area (Å²) >= 11 is 0. The summed E-state index contributed by atoms with van der Waals surface area (Å²) < 4.78 is 5.96. The number of likely N-dealkylation sites (tertiary alicyclic amines) is 2. The molecule has 0 spiro atoms. The minimum Gasteiger partial charge on any atom is -0.464 e. The van der Waals surface area contributed by atoms with Crippen LogP contribution in [0.2, 0.25) is 0 Å². The molecule has 2 saturated heterocycles. The predicted molar refractivity (Wildman–Crippen MR) is 103 cm³/mol. The number of aryl methyl sites for hydroxylation is 1. The Morgan fingerprint density at radius 1 is 1.00 bits per heavy atom. The maximum absolute atomic E-state index is 13.2. The van der Waals surface area contributed by atoms with E-state index in [1.807, 2.05) is 24.0 Å². The minimum absolute atomic E-state index is 0.106. The topological polar surface area (TPSA) is 70.8 Å². The van der Waals surface area contributed by atoms with Gasteiger partial charge >= 0.3 is 0 Å². The molecule has 0 bridgehead atoms. The fourth-order valence-corrected chi connectivity index (χ4v) is 5.08. The number of rotatable bonds is 4. The van der Waals surface area contributed by atoms with Gasteiger partial charge in [0.05, 0.1) is 17.9 Å². The highest BCUT2D eigenvalue weighted by Crippen LogP contribution is 2.38. The summed E-state index contributed by atoms with van der Waals surface area (Å²) in [5, 5.41) is 0. The monoisotopic (exact) mass is 386 g/mol. The van der Waals surface area contributed by atoms with Crippen LogP contribution in [-0.4, -0.2) is 40.6 Å². The van der Waals surface area contributed by atoms with Gasteiger partial charge in [-0.2, -0.15) is 0 Å². The Morgan fingerprint density at radius 2 is 1.68 bits per heavy atom. The van der Waals surface area contributed by atoms with Crippen molar-refractivity contribution in [2.45, 2.75) is 70.8 Å². The number of nitrogens with zero attached hydrogens (tertiary/aromatic N) is 2. The van der Waals surface area contributed by atoms with Crippen LogP contribution >= 0.6 is 0 Å². The summed E-state index contributed by atoms with van der Waals surface area (Å²) in [6, 6.07) is 3.84. The van der Waals surface area contributed by atoms with Gasteiger partial charge in [-0.25, -0.2) is 0 Å². The number of hydrogen-bond donors (Lipinski definition) is 0. The molecular formula is C22H30N2O4. The molecule has 1 saturated carbocycles. The molecule has 3 atom stereocenters. The van der Waals surface area contributed by atoms with Crippen LogP contribution in [0.3, 0.4) is 0 Å².